The van der Waals surface area contributed by atoms with E-state index >= 15 is 0 Å². The summed E-state index contributed by atoms with van der Waals surface area (Å²) in [7, 11) is 0. The highest BCUT2D eigenvalue weighted by molar-refractivity contribution is 5.85. The van der Waals surface area contributed by atoms with Crippen LogP contribution in [0.15, 0.2) is 28.8 Å². The SMILES string of the molecule is Cc1ccccc1Cc1noc(C2CCCN2)n1.Cl. The zero-order valence-corrected chi connectivity index (χ0v) is 11.7. The average Bonchev–Trinajstić information content (AvgIpc) is 3.02. The first-order valence-corrected chi connectivity index (χ1v) is 6.43. The van der Waals surface area contributed by atoms with E-state index in [2.05, 4.69) is 34.5 Å². The third-order valence-electron chi connectivity index (χ3n) is 3.45. The predicted molar refractivity (Wildman–Crippen MR) is 75.5 cm³/mol. The van der Waals surface area contributed by atoms with Crippen LogP contribution in [-0.2, 0) is 6.42 Å². The fourth-order valence-electron chi connectivity index (χ4n) is 2.35. The molecule has 0 radical (unpaired) electrons. The van der Waals surface area contributed by atoms with Crippen LogP contribution in [0.4, 0.5) is 0 Å². The predicted octanol–water partition coefficient (Wildman–Crippen LogP) is 2.82. The molecule has 4 nitrogen and oxygen atoms in total. The summed E-state index contributed by atoms with van der Waals surface area (Å²) in [5, 5.41) is 7.44. The zero-order chi connectivity index (χ0) is 12.4. The van der Waals surface area contributed by atoms with E-state index in [-0.39, 0.29) is 18.4 Å². The normalized spacial score (nSPS) is 18.3. The topological polar surface area (TPSA) is 51.0 Å². The number of hydrogen-bond donors (Lipinski definition) is 1. The molecule has 0 aliphatic carbocycles. The van der Waals surface area contributed by atoms with Gasteiger partial charge in [-0.2, -0.15) is 4.98 Å². The van der Waals surface area contributed by atoms with Gasteiger partial charge in [0.1, 0.15) is 0 Å². The lowest BCUT2D eigenvalue weighted by Crippen LogP contribution is -2.13. The molecule has 1 aliphatic heterocycles. The van der Waals surface area contributed by atoms with Crippen molar-refractivity contribution in [2.75, 3.05) is 6.54 Å². The van der Waals surface area contributed by atoms with Crippen LogP contribution in [0.3, 0.4) is 0 Å². The Morgan fingerprint density at radius 3 is 2.95 bits per heavy atom. The van der Waals surface area contributed by atoms with Crippen molar-refractivity contribution in [3.8, 4) is 0 Å². The van der Waals surface area contributed by atoms with Crippen LogP contribution in [0.25, 0.3) is 0 Å². The molecule has 1 saturated heterocycles. The van der Waals surface area contributed by atoms with Gasteiger partial charge < -0.3 is 9.84 Å². The minimum atomic E-state index is 0. The highest BCUT2D eigenvalue weighted by atomic mass is 35.5. The first kappa shape index (κ1) is 14.0. The summed E-state index contributed by atoms with van der Waals surface area (Å²) < 4.78 is 5.34. The number of hydrogen-bond acceptors (Lipinski definition) is 4. The Balaban J connectivity index is 0.00000133. The maximum Gasteiger partial charge on any atom is 0.243 e. The molecule has 1 aliphatic rings. The Morgan fingerprint density at radius 1 is 1.37 bits per heavy atom. The number of nitrogens with zero attached hydrogens (tertiary/aromatic N) is 2. The van der Waals surface area contributed by atoms with Crippen molar-refractivity contribution in [1.29, 1.82) is 0 Å². The van der Waals surface area contributed by atoms with Crippen molar-refractivity contribution in [3.63, 3.8) is 0 Å². The molecule has 0 saturated carbocycles. The smallest absolute Gasteiger partial charge is 0.243 e. The summed E-state index contributed by atoms with van der Waals surface area (Å²) in [4.78, 5) is 4.49. The second-order valence-electron chi connectivity index (χ2n) is 4.80. The van der Waals surface area contributed by atoms with E-state index in [0.717, 1.165) is 31.1 Å². The van der Waals surface area contributed by atoms with Gasteiger partial charge in [0.15, 0.2) is 5.82 Å². The van der Waals surface area contributed by atoms with Gasteiger partial charge in [0.05, 0.1) is 6.04 Å². The van der Waals surface area contributed by atoms with E-state index in [1.165, 1.54) is 17.5 Å². The molecule has 1 N–H and O–H groups in total. The highest BCUT2D eigenvalue weighted by Gasteiger charge is 2.22. The molecular weight excluding hydrogens is 262 g/mol. The first-order chi connectivity index (χ1) is 8.83. The second-order valence-corrected chi connectivity index (χ2v) is 4.80. The molecule has 1 aromatic carbocycles. The number of halogens is 1. The van der Waals surface area contributed by atoms with Crippen LogP contribution < -0.4 is 5.32 Å². The second kappa shape index (κ2) is 6.17. The summed E-state index contributed by atoms with van der Waals surface area (Å²) in [6, 6.07) is 8.56. The van der Waals surface area contributed by atoms with Crippen LogP contribution in [-0.4, -0.2) is 16.7 Å². The zero-order valence-electron chi connectivity index (χ0n) is 10.9. The van der Waals surface area contributed by atoms with E-state index in [1.807, 2.05) is 12.1 Å². The Morgan fingerprint density at radius 2 is 2.21 bits per heavy atom. The number of benzene rings is 1. The molecule has 1 unspecified atom stereocenters. The minimum absolute atomic E-state index is 0. The molecule has 102 valence electrons. The van der Waals surface area contributed by atoms with E-state index in [9.17, 15) is 0 Å². The first-order valence-electron chi connectivity index (χ1n) is 6.43. The summed E-state index contributed by atoms with van der Waals surface area (Å²) in [5.41, 5.74) is 2.52. The van der Waals surface area contributed by atoms with Crippen molar-refractivity contribution in [3.05, 3.63) is 47.1 Å². The number of aryl methyl sites for hydroxylation is 1. The Labute approximate surface area is 119 Å². The van der Waals surface area contributed by atoms with E-state index in [4.69, 9.17) is 4.52 Å². The fraction of sp³-hybridized carbons (Fsp3) is 0.429. The summed E-state index contributed by atoms with van der Waals surface area (Å²) in [6.07, 6.45) is 3.01. The van der Waals surface area contributed by atoms with Gasteiger partial charge in [-0.15, -0.1) is 12.4 Å². The van der Waals surface area contributed by atoms with Gasteiger partial charge in [0.2, 0.25) is 5.89 Å². The molecule has 19 heavy (non-hydrogen) atoms. The Kier molecular flexibility index (Phi) is 4.56. The molecule has 5 heteroatoms. The molecular formula is C14H18ClN3O. The molecule has 1 aromatic heterocycles. The van der Waals surface area contributed by atoms with Crippen molar-refractivity contribution in [2.24, 2.45) is 0 Å². The Bertz CT molecular complexity index is 535. The summed E-state index contributed by atoms with van der Waals surface area (Å²) in [6.45, 7) is 3.15. The van der Waals surface area contributed by atoms with Crippen molar-refractivity contribution < 1.29 is 4.52 Å². The third-order valence-corrected chi connectivity index (χ3v) is 3.45. The van der Waals surface area contributed by atoms with Crippen LogP contribution in [0.2, 0.25) is 0 Å². The minimum Gasteiger partial charge on any atom is -0.338 e. The third kappa shape index (κ3) is 3.14. The molecule has 3 rings (SSSR count). The molecule has 1 fully saturated rings. The van der Waals surface area contributed by atoms with Crippen LogP contribution in [0.1, 0.15) is 41.7 Å². The van der Waals surface area contributed by atoms with Gasteiger partial charge in [-0.25, -0.2) is 0 Å². The summed E-state index contributed by atoms with van der Waals surface area (Å²) >= 11 is 0. The standard InChI is InChI=1S/C14H17N3O.ClH/c1-10-5-2-3-6-11(10)9-13-16-14(18-17-13)12-7-4-8-15-12;/h2-3,5-6,12,15H,4,7-9H2,1H3;1H. The maximum absolute atomic E-state index is 5.34. The average molecular weight is 280 g/mol. The van der Waals surface area contributed by atoms with Crippen LogP contribution >= 0.6 is 12.4 Å². The fourth-order valence-corrected chi connectivity index (χ4v) is 2.35. The Hall–Kier alpha value is -1.39. The van der Waals surface area contributed by atoms with Gasteiger partial charge in [0.25, 0.3) is 0 Å². The monoisotopic (exact) mass is 279 g/mol. The molecule has 1 atom stereocenters. The molecule has 0 spiro atoms. The quantitative estimate of drug-likeness (QED) is 0.939. The number of aromatic nitrogens is 2. The van der Waals surface area contributed by atoms with Crippen LogP contribution in [0, 0.1) is 6.92 Å². The number of rotatable bonds is 3. The lowest BCUT2D eigenvalue weighted by atomic mass is 10.1. The van der Waals surface area contributed by atoms with Gasteiger partial charge in [-0.05, 0) is 37.4 Å². The molecule has 0 bridgehead atoms. The van der Waals surface area contributed by atoms with Crippen molar-refractivity contribution in [2.45, 2.75) is 32.2 Å². The largest absolute Gasteiger partial charge is 0.338 e. The number of nitrogens with one attached hydrogen (secondary N) is 1. The van der Waals surface area contributed by atoms with Crippen molar-refractivity contribution >= 4 is 12.4 Å². The van der Waals surface area contributed by atoms with Gasteiger partial charge in [-0.3, -0.25) is 0 Å². The molecule has 2 heterocycles. The lowest BCUT2D eigenvalue weighted by Gasteiger charge is -2.02. The lowest BCUT2D eigenvalue weighted by molar-refractivity contribution is 0.341. The molecule has 2 aromatic rings. The summed E-state index contributed by atoms with van der Waals surface area (Å²) in [5.74, 6) is 1.50. The maximum atomic E-state index is 5.34. The van der Waals surface area contributed by atoms with Gasteiger partial charge in [-0.1, -0.05) is 29.4 Å². The van der Waals surface area contributed by atoms with Gasteiger partial charge >= 0.3 is 0 Å². The van der Waals surface area contributed by atoms with E-state index in [1.54, 1.807) is 0 Å². The van der Waals surface area contributed by atoms with Gasteiger partial charge in [0, 0.05) is 6.42 Å². The van der Waals surface area contributed by atoms with E-state index in [0.29, 0.717) is 0 Å². The highest BCUT2D eigenvalue weighted by Crippen LogP contribution is 2.21. The van der Waals surface area contributed by atoms with E-state index < -0.39 is 0 Å². The van der Waals surface area contributed by atoms with Crippen molar-refractivity contribution in [1.82, 2.24) is 15.5 Å². The molecule has 0 amide bonds. The van der Waals surface area contributed by atoms with Crippen LogP contribution in [0.5, 0.6) is 0 Å².